The summed E-state index contributed by atoms with van der Waals surface area (Å²) >= 11 is 0. The van der Waals surface area contributed by atoms with Gasteiger partial charge in [-0.15, -0.1) is 0 Å². The van der Waals surface area contributed by atoms with Gasteiger partial charge in [0.2, 0.25) is 0 Å². The maximum atomic E-state index is 13.3. The second-order valence-corrected chi connectivity index (χ2v) is 7.94. The number of carbonyl (C=O) groups is 2. The van der Waals surface area contributed by atoms with Crippen molar-refractivity contribution in [2.75, 3.05) is 13.6 Å². The molecule has 0 saturated carbocycles. The fourth-order valence-corrected chi connectivity index (χ4v) is 3.90. The van der Waals surface area contributed by atoms with Gasteiger partial charge in [-0.2, -0.15) is 0 Å². The van der Waals surface area contributed by atoms with Gasteiger partial charge in [0.15, 0.2) is 0 Å². The fraction of sp³-hybridized carbons (Fsp3) is 0.240. The number of amides is 2. The van der Waals surface area contributed by atoms with E-state index in [1.165, 1.54) is 0 Å². The minimum Gasteiger partial charge on any atom is -0.351 e. The molecule has 7 heteroatoms. The summed E-state index contributed by atoms with van der Waals surface area (Å²) in [5.74, 6) is -0.175. The van der Waals surface area contributed by atoms with Crippen molar-refractivity contribution in [2.45, 2.75) is 18.9 Å². The first kappa shape index (κ1) is 21.4. The van der Waals surface area contributed by atoms with Crippen LogP contribution in [0.3, 0.4) is 0 Å². The van der Waals surface area contributed by atoms with Gasteiger partial charge in [0.05, 0.1) is 17.4 Å². The molecule has 1 atom stereocenters. The third kappa shape index (κ3) is 4.72. The van der Waals surface area contributed by atoms with E-state index in [-0.39, 0.29) is 17.9 Å². The molecule has 7 nitrogen and oxygen atoms in total. The lowest BCUT2D eigenvalue weighted by Gasteiger charge is -2.29. The van der Waals surface area contributed by atoms with Gasteiger partial charge in [0, 0.05) is 38.4 Å². The van der Waals surface area contributed by atoms with E-state index in [2.05, 4.69) is 27.4 Å². The molecule has 2 heterocycles. The van der Waals surface area contributed by atoms with Gasteiger partial charge in [-0.1, -0.05) is 30.3 Å². The smallest absolute Gasteiger partial charge is 0.267 e. The van der Waals surface area contributed by atoms with Gasteiger partial charge in [0.25, 0.3) is 11.8 Å². The fourth-order valence-electron chi connectivity index (χ4n) is 3.90. The van der Waals surface area contributed by atoms with Crippen LogP contribution in [0.5, 0.6) is 0 Å². The Balaban J connectivity index is 1.48. The molecule has 1 unspecified atom stereocenters. The number of rotatable bonds is 8. The molecule has 0 bridgehead atoms. The maximum Gasteiger partial charge on any atom is 0.267 e. The topological polar surface area (TPSA) is 83.0 Å². The van der Waals surface area contributed by atoms with Crippen LogP contribution in [0.4, 0.5) is 0 Å². The highest BCUT2D eigenvalue weighted by Gasteiger charge is 2.22. The summed E-state index contributed by atoms with van der Waals surface area (Å²) < 4.78 is 1.79. The summed E-state index contributed by atoms with van der Waals surface area (Å²) in [5, 5.41) is 2.99. The predicted octanol–water partition coefficient (Wildman–Crippen LogP) is 3.40. The van der Waals surface area contributed by atoms with Crippen molar-refractivity contribution in [3.63, 3.8) is 0 Å². The van der Waals surface area contributed by atoms with Crippen LogP contribution in [0.25, 0.3) is 11.0 Å². The number of benzene rings is 2. The molecule has 32 heavy (non-hydrogen) atoms. The number of aryl methyl sites for hydroxylation is 1. The van der Waals surface area contributed by atoms with Gasteiger partial charge < -0.3 is 19.8 Å². The minimum atomic E-state index is -0.116. The Labute approximate surface area is 187 Å². The van der Waals surface area contributed by atoms with E-state index in [0.717, 1.165) is 16.6 Å². The van der Waals surface area contributed by atoms with Crippen LogP contribution < -0.4 is 5.32 Å². The van der Waals surface area contributed by atoms with Crippen molar-refractivity contribution in [3.8, 4) is 0 Å². The van der Waals surface area contributed by atoms with Crippen LogP contribution >= 0.6 is 0 Å². The molecule has 2 N–H and O–H groups in total. The van der Waals surface area contributed by atoms with E-state index in [9.17, 15) is 9.59 Å². The van der Waals surface area contributed by atoms with Crippen molar-refractivity contribution < 1.29 is 9.59 Å². The Morgan fingerprint density at radius 1 is 1.12 bits per heavy atom. The summed E-state index contributed by atoms with van der Waals surface area (Å²) in [5.41, 5.74) is 4.03. The van der Waals surface area contributed by atoms with Crippen LogP contribution in [0.15, 0.2) is 73.2 Å². The van der Waals surface area contributed by atoms with Gasteiger partial charge in [0.1, 0.15) is 5.69 Å². The minimum absolute atomic E-state index is 0.0591. The number of imidazole rings is 1. The van der Waals surface area contributed by atoms with Crippen LogP contribution in [0.1, 0.15) is 32.8 Å². The van der Waals surface area contributed by atoms with E-state index >= 15 is 0 Å². The number of aromatic amines is 1. The van der Waals surface area contributed by atoms with E-state index in [1.54, 1.807) is 27.9 Å². The molecule has 2 aromatic carbocycles. The van der Waals surface area contributed by atoms with Crippen LogP contribution in [0, 0.1) is 0 Å². The Bertz CT molecular complexity index is 1210. The molecule has 0 aliphatic carbocycles. The molecular formula is C25H27N5O2. The first-order chi connectivity index (χ1) is 15.5. The Kier molecular flexibility index (Phi) is 6.35. The second-order valence-electron chi connectivity index (χ2n) is 7.94. The Hall–Kier alpha value is -3.87. The zero-order valence-electron chi connectivity index (χ0n) is 18.3. The Morgan fingerprint density at radius 2 is 1.94 bits per heavy atom. The highest BCUT2D eigenvalue weighted by Crippen LogP contribution is 2.17. The van der Waals surface area contributed by atoms with Crippen LogP contribution in [-0.2, 0) is 13.5 Å². The normalized spacial score (nSPS) is 11.9. The van der Waals surface area contributed by atoms with Gasteiger partial charge in [-0.05, 0) is 48.7 Å². The molecule has 164 valence electrons. The number of hydrogen-bond acceptors (Lipinski definition) is 3. The maximum absolute atomic E-state index is 13.3. The third-order valence-corrected chi connectivity index (χ3v) is 5.79. The summed E-state index contributed by atoms with van der Waals surface area (Å²) in [6.07, 6.45) is 4.81. The number of nitrogens with zero attached hydrogens (tertiary/aromatic N) is 3. The number of carbonyl (C=O) groups excluding carboxylic acids is 2. The molecule has 0 aliphatic heterocycles. The molecular weight excluding hydrogens is 402 g/mol. The number of likely N-dealkylation sites (N-methyl/N-ethyl adjacent to an activating group) is 1. The number of H-pyrrole nitrogens is 1. The van der Waals surface area contributed by atoms with E-state index < -0.39 is 0 Å². The first-order valence-corrected chi connectivity index (χ1v) is 10.7. The van der Waals surface area contributed by atoms with Gasteiger partial charge in [-0.25, -0.2) is 4.98 Å². The zero-order valence-corrected chi connectivity index (χ0v) is 18.3. The molecule has 0 radical (unpaired) electrons. The largest absolute Gasteiger partial charge is 0.351 e. The van der Waals surface area contributed by atoms with Gasteiger partial charge >= 0.3 is 0 Å². The van der Waals surface area contributed by atoms with Gasteiger partial charge in [-0.3, -0.25) is 9.59 Å². The standard InChI is InChI=1S/C25H27N5O2/c1-29-14-6-9-23(29)24(31)26-13-12-20(15-18-7-4-3-5-8-18)30(2)25(32)19-10-11-21-22(16-19)28-17-27-21/h3-11,14,16-17,20H,12-13,15H2,1-2H3,(H,26,31)(H,27,28). The van der Waals surface area contributed by atoms with E-state index in [1.807, 2.05) is 56.7 Å². The number of aromatic nitrogens is 3. The molecule has 2 amide bonds. The van der Waals surface area contributed by atoms with Crippen LogP contribution in [-0.4, -0.2) is 50.9 Å². The summed E-state index contributed by atoms with van der Waals surface area (Å²) in [7, 11) is 3.67. The quantitative estimate of drug-likeness (QED) is 0.450. The van der Waals surface area contributed by atoms with Crippen molar-refractivity contribution in [1.29, 1.82) is 0 Å². The van der Waals surface area contributed by atoms with Crippen molar-refractivity contribution >= 4 is 22.8 Å². The zero-order chi connectivity index (χ0) is 22.5. The van der Waals surface area contributed by atoms with E-state index in [4.69, 9.17) is 0 Å². The highest BCUT2D eigenvalue weighted by atomic mass is 16.2. The molecule has 4 rings (SSSR count). The lowest BCUT2D eigenvalue weighted by molar-refractivity contribution is 0.0723. The van der Waals surface area contributed by atoms with Crippen LogP contribution in [0.2, 0.25) is 0 Å². The molecule has 4 aromatic rings. The molecule has 0 aliphatic rings. The van der Waals surface area contributed by atoms with Crippen molar-refractivity contribution in [2.24, 2.45) is 7.05 Å². The number of nitrogens with one attached hydrogen (secondary N) is 2. The summed E-state index contributed by atoms with van der Waals surface area (Å²) in [6.45, 7) is 0.471. The molecule has 0 fully saturated rings. The highest BCUT2D eigenvalue weighted by molar-refractivity contribution is 5.97. The molecule has 0 spiro atoms. The predicted molar refractivity (Wildman–Crippen MR) is 124 cm³/mol. The van der Waals surface area contributed by atoms with Crippen molar-refractivity contribution in [1.82, 2.24) is 24.8 Å². The second kappa shape index (κ2) is 9.51. The lowest BCUT2D eigenvalue weighted by Crippen LogP contribution is -2.41. The third-order valence-electron chi connectivity index (χ3n) is 5.79. The number of fused-ring (bicyclic) bond motifs is 1. The summed E-state index contributed by atoms with van der Waals surface area (Å²) in [4.78, 5) is 34.8. The average molecular weight is 430 g/mol. The van der Waals surface area contributed by atoms with E-state index in [0.29, 0.717) is 30.6 Å². The Morgan fingerprint density at radius 3 is 2.69 bits per heavy atom. The summed E-state index contributed by atoms with van der Waals surface area (Å²) in [6, 6.07) is 19.1. The first-order valence-electron chi connectivity index (χ1n) is 10.7. The average Bonchev–Trinajstić information content (AvgIpc) is 3.46. The monoisotopic (exact) mass is 429 g/mol. The lowest BCUT2D eigenvalue weighted by atomic mass is 10.0. The SMILES string of the molecule is CN(C(=O)c1ccc2nc[nH]c2c1)C(CCNC(=O)c1cccn1C)Cc1ccccc1. The molecule has 0 saturated heterocycles. The molecule has 2 aromatic heterocycles. The van der Waals surface area contributed by atoms with Crippen molar-refractivity contribution in [3.05, 3.63) is 90.0 Å². The number of hydrogen-bond donors (Lipinski definition) is 2.